The smallest absolute Gasteiger partial charge is 0.149 e. The van der Waals surface area contributed by atoms with Crippen LogP contribution in [0.2, 0.25) is 5.02 Å². The van der Waals surface area contributed by atoms with Gasteiger partial charge in [-0.2, -0.15) is 0 Å². The molecule has 3 heteroatoms. The molecule has 4 rings (SSSR count). The molecule has 0 aromatic heterocycles. The van der Waals surface area contributed by atoms with Crippen molar-refractivity contribution in [1.29, 1.82) is 0 Å². The summed E-state index contributed by atoms with van der Waals surface area (Å²) in [6, 6.07) is 22.2. The van der Waals surface area contributed by atoms with Crippen LogP contribution < -0.4 is 4.74 Å². The third-order valence-electron chi connectivity index (χ3n) is 3.42. The molecule has 0 saturated heterocycles. The summed E-state index contributed by atoms with van der Waals surface area (Å²) < 4.78 is 6.14. The van der Waals surface area contributed by atoms with Crippen molar-refractivity contribution in [3.63, 3.8) is 0 Å². The maximum Gasteiger partial charge on any atom is 0.149 e. The van der Waals surface area contributed by atoms with Crippen molar-refractivity contribution in [2.24, 2.45) is 0 Å². The van der Waals surface area contributed by atoms with Gasteiger partial charge in [0, 0.05) is 10.6 Å². The Hall–Kier alpha value is -1.90. The number of benzene rings is 3. The number of halogens is 1. The van der Waals surface area contributed by atoms with E-state index >= 15 is 0 Å². The molecular formula is C18H11ClOS. The highest BCUT2D eigenvalue weighted by Gasteiger charge is 2.20. The molecule has 0 atom stereocenters. The number of para-hydroxylation sites is 2. The van der Waals surface area contributed by atoms with Gasteiger partial charge in [0.1, 0.15) is 11.5 Å². The number of hydrogen-bond acceptors (Lipinski definition) is 2. The molecule has 0 bridgehead atoms. The largest absolute Gasteiger partial charge is 0.454 e. The monoisotopic (exact) mass is 310 g/mol. The Bertz CT molecular complexity index is 812. The summed E-state index contributed by atoms with van der Waals surface area (Å²) in [7, 11) is 0. The summed E-state index contributed by atoms with van der Waals surface area (Å²) >= 11 is 7.72. The molecule has 102 valence electrons. The van der Waals surface area contributed by atoms with Crippen molar-refractivity contribution in [2.75, 3.05) is 0 Å². The normalized spacial score (nSPS) is 12.2. The zero-order valence-corrected chi connectivity index (χ0v) is 12.6. The molecule has 3 aromatic rings. The summed E-state index contributed by atoms with van der Waals surface area (Å²) in [5.74, 6) is 1.83. The van der Waals surface area contributed by atoms with Crippen LogP contribution in [0, 0.1) is 0 Å². The maximum absolute atomic E-state index is 6.14. The van der Waals surface area contributed by atoms with E-state index in [-0.39, 0.29) is 0 Å². The lowest BCUT2D eigenvalue weighted by molar-refractivity contribution is 0.456. The molecule has 0 aliphatic carbocycles. The van der Waals surface area contributed by atoms with Gasteiger partial charge in [-0.1, -0.05) is 59.8 Å². The van der Waals surface area contributed by atoms with Crippen LogP contribution >= 0.6 is 23.4 Å². The van der Waals surface area contributed by atoms with E-state index in [4.69, 9.17) is 16.3 Å². The first-order chi connectivity index (χ1) is 10.3. The van der Waals surface area contributed by atoms with Gasteiger partial charge in [0.05, 0.1) is 9.79 Å². The molecule has 0 N–H and O–H groups in total. The standard InChI is InChI=1S/C18H11ClOS/c19-13-10-8-12(9-11-13)14-4-3-7-17-18(14)20-15-5-1-2-6-16(15)21-17/h1-11H. The predicted molar refractivity (Wildman–Crippen MR) is 87.5 cm³/mol. The van der Waals surface area contributed by atoms with Crippen LogP contribution in [0.25, 0.3) is 11.1 Å². The molecule has 0 saturated carbocycles. The first kappa shape index (κ1) is 12.8. The van der Waals surface area contributed by atoms with Crippen LogP contribution in [-0.2, 0) is 0 Å². The summed E-state index contributed by atoms with van der Waals surface area (Å²) in [5.41, 5.74) is 2.20. The van der Waals surface area contributed by atoms with Gasteiger partial charge in [0.2, 0.25) is 0 Å². The van der Waals surface area contributed by atoms with Gasteiger partial charge in [-0.25, -0.2) is 0 Å². The van der Waals surface area contributed by atoms with E-state index in [1.165, 1.54) is 0 Å². The molecule has 3 aromatic carbocycles. The zero-order valence-electron chi connectivity index (χ0n) is 11.0. The summed E-state index contributed by atoms with van der Waals surface area (Å²) in [6.45, 7) is 0. The van der Waals surface area contributed by atoms with Crippen molar-refractivity contribution in [2.45, 2.75) is 9.79 Å². The molecule has 1 heterocycles. The topological polar surface area (TPSA) is 9.23 Å². The third-order valence-corrected chi connectivity index (χ3v) is 4.77. The van der Waals surface area contributed by atoms with Crippen molar-refractivity contribution in [3.05, 3.63) is 71.8 Å². The Balaban J connectivity index is 1.84. The second kappa shape index (κ2) is 5.14. The van der Waals surface area contributed by atoms with Crippen LogP contribution in [0.5, 0.6) is 11.5 Å². The van der Waals surface area contributed by atoms with Crippen LogP contribution in [0.3, 0.4) is 0 Å². The molecule has 0 amide bonds. The van der Waals surface area contributed by atoms with E-state index in [9.17, 15) is 0 Å². The minimum Gasteiger partial charge on any atom is -0.454 e. The molecule has 0 unspecified atom stereocenters. The minimum absolute atomic E-state index is 0.740. The van der Waals surface area contributed by atoms with E-state index in [0.717, 1.165) is 37.4 Å². The summed E-state index contributed by atoms with van der Waals surface area (Å²) in [6.07, 6.45) is 0. The van der Waals surface area contributed by atoms with E-state index in [1.54, 1.807) is 11.8 Å². The summed E-state index contributed by atoms with van der Waals surface area (Å²) in [5, 5.41) is 0.740. The Morgan fingerprint density at radius 3 is 2.38 bits per heavy atom. The average molecular weight is 311 g/mol. The molecular weight excluding hydrogens is 300 g/mol. The Morgan fingerprint density at radius 2 is 1.52 bits per heavy atom. The van der Waals surface area contributed by atoms with Crippen LogP contribution in [0.15, 0.2) is 76.5 Å². The lowest BCUT2D eigenvalue weighted by Gasteiger charge is -2.22. The number of fused-ring (bicyclic) bond motifs is 2. The molecule has 0 radical (unpaired) electrons. The zero-order chi connectivity index (χ0) is 14.2. The Morgan fingerprint density at radius 1 is 0.762 bits per heavy atom. The molecule has 0 fully saturated rings. The highest BCUT2D eigenvalue weighted by atomic mass is 35.5. The molecule has 1 nitrogen and oxygen atoms in total. The molecule has 1 aliphatic rings. The van der Waals surface area contributed by atoms with Gasteiger partial charge in [-0.05, 0) is 35.9 Å². The first-order valence-corrected chi connectivity index (χ1v) is 7.84. The lowest BCUT2D eigenvalue weighted by atomic mass is 10.0. The van der Waals surface area contributed by atoms with Gasteiger partial charge in [0.25, 0.3) is 0 Å². The number of ether oxygens (including phenoxy) is 1. The predicted octanol–water partition coefficient (Wildman–Crippen LogP) is 6.26. The Kier molecular flexibility index (Phi) is 3.13. The van der Waals surface area contributed by atoms with Gasteiger partial charge in [-0.3, -0.25) is 0 Å². The molecule has 0 spiro atoms. The van der Waals surface area contributed by atoms with Crippen LogP contribution in [0.1, 0.15) is 0 Å². The summed E-state index contributed by atoms with van der Waals surface area (Å²) in [4.78, 5) is 2.29. The highest BCUT2D eigenvalue weighted by molar-refractivity contribution is 7.99. The van der Waals surface area contributed by atoms with Gasteiger partial charge in [-0.15, -0.1) is 0 Å². The fourth-order valence-electron chi connectivity index (χ4n) is 2.41. The van der Waals surface area contributed by atoms with E-state index in [1.807, 2.05) is 42.5 Å². The second-order valence-corrected chi connectivity index (χ2v) is 6.31. The van der Waals surface area contributed by atoms with Crippen LogP contribution in [-0.4, -0.2) is 0 Å². The van der Waals surface area contributed by atoms with E-state index in [2.05, 4.69) is 24.3 Å². The van der Waals surface area contributed by atoms with Crippen molar-refractivity contribution in [1.82, 2.24) is 0 Å². The van der Waals surface area contributed by atoms with E-state index < -0.39 is 0 Å². The minimum atomic E-state index is 0.740. The lowest BCUT2D eigenvalue weighted by Crippen LogP contribution is -1.96. The highest BCUT2D eigenvalue weighted by Crippen LogP contribution is 2.50. The average Bonchev–Trinajstić information content (AvgIpc) is 2.53. The molecule has 21 heavy (non-hydrogen) atoms. The number of rotatable bonds is 1. The quantitative estimate of drug-likeness (QED) is 0.410. The van der Waals surface area contributed by atoms with Gasteiger partial charge < -0.3 is 4.74 Å². The van der Waals surface area contributed by atoms with Crippen molar-refractivity contribution >= 4 is 23.4 Å². The third kappa shape index (κ3) is 2.31. The SMILES string of the molecule is Clc1ccc(-c2cccc3c2Oc2ccccc2S3)cc1. The van der Waals surface area contributed by atoms with E-state index in [0.29, 0.717) is 0 Å². The van der Waals surface area contributed by atoms with Crippen molar-refractivity contribution < 1.29 is 4.74 Å². The Labute approximate surface area is 132 Å². The fourth-order valence-corrected chi connectivity index (χ4v) is 3.52. The first-order valence-electron chi connectivity index (χ1n) is 6.65. The van der Waals surface area contributed by atoms with Gasteiger partial charge in [0.15, 0.2) is 0 Å². The van der Waals surface area contributed by atoms with Gasteiger partial charge >= 0.3 is 0 Å². The second-order valence-electron chi connectivity index (χ2n) is 4.79. The maximum atomic E-state index is 6.14. The van der Waals surface area contributed by atoms with Crippen LogP contribution in [0.4, 0.5) is 0 Å². The number of hydrogen-bond donors (Lipinski definition) is 0. The molecule has 1 aliphatic heterocycles. The van der Waals surface area contributed by atoms with Crippen molar-refractivity contribution in [3.8, 4) is 22.6 Å². The fraction of sp³-hybridized carbons (Fsp3) is 0.